The zero-order chi connectivity index (χ0) is 11.7. The van der Waals surface area contributed by atoms with Crippen LogP contribution in [0.5, 0.6) is 0 Å². The van der Waals surface area contributed by atoms with E-state index in [1.807, 2.05) is 13.8 Å². The van der Waals surface area contributed by atoms with Crippen molar-refractivity contribution in [1.29, 1.82) is 0 Å². The molecule has 0 unspecified atom stereocenters. The molecule has 0 aliphatic carbocycles. The Morgan fingerprint density at radius 1 is 1.44 bits per heavy atom. The summed E-state index contributed by atoms with van der Waals surface area (Å²) < 4.78 is 3.26. The number of aryl methyl sites for hydroxylation is 2. The van der Waals surface area contributed by atoms with Crippen LogP contribution in [-0.4, -0.2) is 24.9 Å². The normalized spacial score (nSPS) is 11.2. The minimum absolute atomic E-state index is 0.0713. The Labute approximate surface area is 97.5 Å². The van der Waals surface area contributed by atoms with E-state index in [4.69, 9.17) is 0 Å². The van der Waals surface area contributed by atoms with Crippen LogP contribution < -0.4 is 5.56 Å². The molecular formula is C10H14N4OS. The van der Waals surface area contributed by atoms with Crippen molar-refractivity contribution < 1.29 is 0 Å². The van der Waals surface area contributed by atoms with Crippen LogP contribution in [-0.2, 0) is 6.54 Å². The number of fused-ring (bicyclic) bond motifs is 1. The van der Waals surface area contributed by atoms with Crippen LogP contribution in [0.1, 0.15) is 19.5 Å². The Morgan fingerprint density at radius 2 is 2.19 bits per heavy atom. The first kappa shape index (κ1) is 11.2. The third-order valence-electron chi connectivity index (χ3n) is 2.37. The molecule has 0 atom stereocenters. The molecule has 2 aromatic heterocycles. The van der Waals surface area contributed by atoms with Gasteiger partial charge in [-0.1, -0.05) is 18.7 Å². The van der Waals surface area contributed by atoms with E-state index in [2.05, 4.69) is 17.0 Å². The van der Waals surface area contributed by atoms with Crippen LogP contribution in [0.25, 0.3) is 5.52 Å². The summed E-state index contributed by atoms with van der Waals surface area (Å²) in [6, 6.07) is 0. The van der Waals surface area contributed by atoms with Gasteiger partial charge in [-0.05, 0) is 19.6 Å². The molecular weight excluding hydrogens is 224 g/mol. The van der Waals surface area contributed by atoms with Crippen molar-refractivity contribution in [2.24, 2.45) is 0 Å². The predicted molar refractivity (Wildman–Crippen MR) is 64.1 cm³/mol. The Kier molecular flexibility index (Phi) is 3.00. The van der Waals surface area contributed by atoms with Crippen molar-refractivity contribution in [3.63, 3.8) is 0 Å². The van der Waals surface area contributed by atoms with Crippen molar-refractivity contribution in [2.45, 2.75) is 32.5 Å². The molecule has 0 radical (unpaired) electrons. The quantitative estimate of drug-likeness (QED) is 0.757. The molecule has 0 N–H and O–H groups in total. The zero-order valence-corrected chi connectivity index (χ0v) is 10.4. The van der Waals surface area contributed by atoms with Crippen LogP contribution in [0.15, 0.2) is 16.3 Å². The van der Waals surface area contributed by atoms with Crippen LogP contribution in [0.4, 0.5) is 0 Å². The highest BCUT2D eigenvalue weighted by atomic mass is 32.2. The lowest BCUT2D eigenvalue weighted by atomic mass is 10.4. The number of hydrogen-bond donors (Lipinski definition) is 0. The molecule has 0 saturated heterocycles. The van der Waals surface area contributed by atoms with Crippen molar-refractivity contribution in [3.8, 4) is 0 Å². The van der Waals surface area contributed by atoms with Gasteiger partial charge in [0.05, 0.1) is 5.69 Å². The first-order chi connectivity index (χ1) is 7.69. The molecule has 0 aliphatic heterocycles. The van der Waals surface area contributed by atoms with Gasteiger partial charge < -0.3 is 0 Å². The number of imidazole rings is 1. The van der Waals surface area contributed by atoms with Gasteiger partial charge in [0.25, 0.3) is 5.56 Å². The number of thioether (sulfide) groups is 1. The topological polar surface area (TPSA) is 52.2 Å². The van der Waals surface area contributed by atoms with Gasteiger partial charge >= 0.3 is 0 Å². The Balaban J connectivity index is 2.81. The number of rotatable bonds is 3. The summed E-state index contributed by atoms with van der Waals surface area (Å²) in [7, 11) is 0. The predicted octanol–water partition coefficient (Wildman–Crippen LogP) is 1.33. The van der Waals surface area contributed by atoms with Crippen LogP contribution in [0.2, 0.25) is 0 Å². The number of nitrogens with zero attached hydrogens (tertiary/aromatic N) is 4. The van der Waals surface area contributed by atoms with Crippen LogP contribution in [0.3, 0.4) is 0 Å². The monoisotopic (exact) mass is 238 g/mol. The van der Waals surface area contributed by atoms with Crippen LogP contribution in [0, 0.1) is 6.92 Å². The molecule has 0 aliphatic rings. The summed E-state index contributed by atoms with van der Waals surface area (Å²) in [5, 5.41) is 5.13. The minimum Gasteiger partial charge on any atom is -0.271 e. The zero-order valence-electron chi connectivity index (χ0n) is 9.60. The molecule has 0 fully saturated rings. The van der Waals surface area contributed by atoms with Crippen LogP contribution >= 0.6 is 11.8 Å². The molecule has 2 rings (SSSR count). The van der Waals surface area contributed by atoms with E-state index in [9.17, 15) is 4.79 Å². The van der Waals surface area contributed by atoms with E-state index < -0.39 is 0 Å². The van der Waals surface area contributed by atoms with Crippen molar-refractivity contribution in [3.05, 3.63) is 22.4 Å². The molecule has 16 heavy (non-hydrogen) atoms. The van der Waals surface area contributed by atoms with Gasteiger partial charge in [-0.25, -0.2) is 9.67 Å². The van der Waals surface area contributed by atoms with Gasteiger partial charge in [-0.15, -0.1) is 5.10 Å². The van der Waals surface area contributed by atoms with Gasteiger partial charge in [0.1, 0.15) is 11.8 Å². The highest BCUT2D eigenvalue weighted by Crippen LogP contribution is 2.15. The Hall–Kier alpha value is -1.30. The highest BCUT2D eigenvalue weighted by molar-refractivity contribution is 7.99. The standard InChI is InChI=1S/C10H14N4OS/c1-4-14-9(15)8-7(3)11-6-13(8)10(12-14)16-5-2/h6H,4-5H2,1-3H3. The van der Waals surface area contributed by atoms with E-state index in [1.54, 1.807) is 22.5 Å². The fourth-order valence-electron chi connectivity index (χ4n) is 1.60. The third-order valence-corrected chi connectivity index (χ3v) is 3.20. The van der Waals surface area contributed by atoms with E-state index >= 15 is 0 Å². The number of aromatic nitrogens is 4. The largest absolute Gasteiger partial charge is 0.292 e. The maximum atomic E-state index is 12.0. The molecule has 5 nitrogen and oxygen atoms in total. The molecule has 2 heterocycles. The van der Waals surface area contributed by atoms with E-state index in [1.165, 1.54) is 4.68 Å². The molecule has 0 amide bonds. The fourth-order valence-corrected chi connectivity index (χ4v) is 2.29. The minimum atomic E-state index is -0.0713. The SMILES string of the molecule is CCSc1nn(CC)c(=O)c2c(C)ncn12. The number of hydrogen-bond acceptors (Lipinski definition) is 4. The summed E-state index contributed by atoms with van der Waals surface area (Å²) in [5.74, 6) is 0.918. The van der Waals surface area contributed by atoms with Gasteiger partial charge in [0.2, 0.25) is 0 Å². The molecule has 0 saturated carbocycles. The average Bonchev–Trinajstić information content (AvgIpc) is 2.65. The fraction of sp³-hybridized carbons (Fsp3) is 0.500. The first-order valence-corrected chi connectivity index (χ1v) is 6.25. The second kappa shape index (κ2) is 4.29. The highest BCUT2D eigenvalue weighted by Gasteiger charge is 2.12. The lowest BCUT2D eigenvalue weighted by Crippen LogP contribution is -2.25. The maximum Gasteiger partial charge on any atom is 0.292 e. The summed E-state index contributed by atoms with van der Waals surface area (Å²) in [5.41, 5.74) is 1.32. The average molecular weight is 238 g/mol. The van der Waals surface area contributed by atoms with Gasteiger partial charge in [0.15, 0.2) is 5.16 Å². The summed E-state index contributed by atoms with van der Waals surface area (Å²) in [4.78, 5) is 16.2. The summed E-state index contributed by atoms with van der Waals surface area (Å²) in [6.07, 6.45) is 1.66. The molecule has 0 aromatic carbocycles. The lowest BCUT2D eigenvalue weighted by molar-refractivity contribution is 0.565. The van der Waals surface area contributed by atoms with Gasteiger partial charge in [-0.2, -0.15) is 0 Å². The third kappa shape index (κ3) is 1.63. The lowest BCUT2D eigenvalue weighted by Gasteiger charge is -2.06. The van der Waals surface area contributed by atoms with Crippen molar-refractivity contribution in [2.75, 3.05) is 5.75 Å². The van der Waals surface area contributed by atoms with Crippen molar-refractivity contribution >= 4 is 17.3 Å². The van der Waals surface area contributed by atoms with Gasteiger partial charge in [-0.3, -0.25) is 9.20 Å². The molecule has 0 spiro atoms. The maximum absolute atomic E-state index is 12.0. The second-order valence-corrected chi connectivity index (χ2v) is 4.62. The molecule has 6 heteroatoms. The van der Waals surface area contributed by atoms with Crippen molar-refractivity contribution in [1.82, 2.24) is 19.2 Å². The molecule has 86 valence electrons. The van der Waals surface area contributed by atoms with Gasteiger partial charge in [0, 0.05) is 6.54 Å². The Bertz CT molecular complexity index is 572. The summed E-state index contributed by atoms with van der Waals surface area (Å²) >= 11 is 1.61. The van der Waals surface area contributed by atoms with E-state index in [0.717, 1.165) is 16.6 Å². The Morgan fingerprint density at radius 3 is 2.81 bits per heavy atom. The van der Waals surface area contributed by atoms with E-state index in [-0.39, 0.29) is 5.56 Å². The second-order valence-electron chi connectivity index (χ2n) is 3.39. The summed E-state index contributed by atoms with van der Waals surface area (Å²) in [6.45, 7) is 6.40. The first-order valence-electron chi connectivity index (χ1n) is 5.26. The smallest absolute Gasteiger partial charge is 0.271 e. The molecule has 2 aromatic rings. The van der Waals surface area contributed by atoms with E-state index in [0.29, 0.717) is 12.1 Å². The molecule has 0 bridgehead atoms.